The molecular weight excluding hydrogens is 246 g/mol. The highest BCUT2D eigenvalue weighted by molar-refractivity contribution is 5.42. The molecular formula is C17H31N3. The summed E-state index contributed by atoms with van der Waals surface area (Å²) in [5.41, 5.74) is 7.68. The minimum Gasteiger partial charge on any atom is -0.384 e. The Balaban J connectivity index is 2.35. The molecule has 3 heteroatoms. The van der Waals surface area contributed by atoms with E-state index in [0.29, 0.717) is 5.92 Å². The van der Waals surface area contributed by atoms with Crippen molar-refractivity contribution >= 4 is 5.82 Å². The minimum atomic E-state index is 0.0157. The van der Waals surface area contributed by atoms with E-state index in [1.807, 2.05) is 0 Å². The van der Waals surface area contributed by atoms with E-state index in [1.54, 1.807) is 0 Å². The third-order valence-corrected chi connectivity index (χ3v) is 4.56. The van der Waals surface area contributed by atoms with Crippen LogP contribution in [0.3, 0.4) is 0 Å². The molecule has 1 aliphatic rings. The van der Waals surface area contributed by atoms with Gasteiger partial charge in [-0.1, -0.05) is 26.7 Å². The van der Waals surface area contributed by atoms with Crippen LogP contribution >= 0.6 is 0 Å². The standard InChI is InChI=1S/C17H31N3/c1-6-7-14-19-15(13-10-8-12(2)9-11-13)16(18)20(14)17(3,4)5/h12-13H,6-11,18H2,1-5H3. The molecule has 1 heterocycles. The Morgan fingerprint density at radius 1 is 1.20 bits per heavy atom. The predicted octanol–water partition coefficient (Wildman–Crippen LogP) is 4.47. The molecule has 0 saturated heterocycles. The number of hydrogen-bond donors (Lipinski definition) is 1. The first-order valence-corrected chi connectivity index (χ1v) is 8.22. The molecule has 3 nitrogen and oxygen atoms in total. The van der Waals surface area contributed by atoms with E-state index in [2.05, 4.69) is 39.2 Å². The maximum atomic E-state index is 6.49. The Kier molecular flexibility index (Phi) is 4.46. The van der Waals surface area contributed by atoms with Crippen molar-refractivity contribution in [3.8, 4) is 0 Å². The molecule has 0 aliphatic heterocycles. The largest absolute Gasteiger partial charge is 0.384 e. The quantitative estimate of drug-likeness (QED) is 0.886. The van der Waals surface area contributed by atoms with Gasteiger partial charge in [0.05, 0.1) is 5.69 Å². The van der Waals surface area contributed by atoms with Gasteiger partial charge in [-0.2, -0.15) is 0 Å². The summed E-state index contributed by atoms with van der Waals surface area (Å²) in [4.78, 5) is 4.95. The van der Waals surface area contributed by atoms with Crippen molar-refractivity contribution in [3.63, 3.8) is 0 Å². The fraction of sp³-hybridized carbons (Fsp3) is 0.824. The zero-order valence-corrected chi connectivity index (χ0v) is 13.9. The number of hydrogen-bond acceptors (Lipinski definition) is 2. The van der Waals surface area contributed by atoms with Crippen LogP contribution in [-0.4, -0.2) is 9.55 Å². The lowest BCUT2D eigenvalue weighted by molar-refractivity contribution is 0.344. The Hall–Kier alpha value is -0.990. The Labute approximate surface area is 124 Å². The van der Waals surface area contributed by atoms with Crippen molar-refractivity contribution in [2.45, 2.75) is 84.6 Å². The number of aryl methyl sites for hydroxylation is 1. The first-order chi connectivity index (χ1) is 9.34. The number of nitrogens with zero attached hydrogens (tertiary/aromatic N) is 2. The van der Waals surface area contributed by atoms with Gasteiger partial charge in [-0.25, -0.2) is 4.98 Å². The van der Waals surface area contributed by atoms with Crippen molar-refractivity contribution in [1.29, 1.82) is 0 Å². The summed E-state index contributed by atoms with van der Waals surface area (Å²) < 4.78 is 2.27. The molecule has 2 rings (SSSR count). The molecule has 0 radical (unpaired) electrons. The van der Waals surface area contributed by atoms with E-state index in [-0.39, 0.29) is 5.54 Å². The SMILES string of the molecule is CCCc1nc(C2CCC(C)CC2)c(N)n1C(C)(C)C. The monoisotopic (exact) mass is 277 g/mol. The number of imidazole rings is 1. The van der Waals surface area contributed by atoms with Crippen LogP contribution in [0.5, 0.6) is 0 Å². The third kappa shape index (κ3) is 3.02. The topological polar surface area (TPSA) is 43.8 Å². The second-order valence-electron chi connectivity index (χ2n) is 7.51. The zero-order chi connectivity index (χ0) is 14.9. The summed E-state index contributed by atoms with van der Waals surface area (Å²) in [6, 6.07) is 0. The summed E-state index contributed by atoms with van der Waals surface area (Å²) in [7, 11) is 0. The van der Waals surface area contributed by atoms with E-state index in [0.717, 1.165) is 24.6 Å². The van der Waals surface area contributed by atoms with Crippen LogP contribution in [0.4, 0.5) is 5.82 Å². The lowest BCUT2D eigenvalue weighted by Gasteiger charge is -2.27. The van der Waals surface area contributed by atoms with Gasteiger partial charge in [0.15, 0.2) is 0 Å². The second kappa shape index (κ2) is 5.79. The number of aromatic nitrogens is 2. The maximum Gasteiger partial charge on any atom is 0.127 e. The predicted molar refractivity (Wildman–Crippen MR) is 86.0 cm³/mol. The van der Waals surface area contributed by atoms with Crippen molar-refractivity contribution in [1.82, 2.24) is 9.55 Å². The maximum absolute atomic E-state index is 6.49. The molecule has 1 saturated carbocycles. The van der Waals surface area contributed by atoms with E-state index in [4.69, 9.17) is 10.7 Å². The number of nitrogen functional groups attached to an aromatic ring is 1. The number of nitrogens with two attached hydrogens (primary N) is 1. The van der Waals surface area contributed by atoms with Crippen LogP contribution in [0, 0.1) is 5.92 Å². The lowest BCUT2D eigenvalue weighted by atomic mass is 9.81. The summed E-state index contributed by atoms with van der Waals surface area (Å²) in [6.07, 6.45) is 7.26. The van der Waals surface area contributed by atoms with Gasteiger partial charge in [0, 0.05) is 17.9 Å². The first-order valence-electron chi connectivity index (χ1n) is 8.22. The average molecular weight is 277 g/mol. The molecule has 0 spiro atoms. The molecule has 1 aliphatic carbocycles. The van der Waals surface area contributed by atoms with Crippen LogP contribution in [-0.2, 0) is 12.0 Å². The van der Waals surface area contributed by atoms with Gasteiger partial charge in [-0.15, -0.1) is 0 Å². The summed E-state index contributed by atoms with van der Waals surface area (Å²) >= 11 is 0. The first kappa shape index (κ1) is 15.4. The van der Waals surface area contributed by atoms with Gasteiger partial charge in [0.2, 0.25) is 0 Å². The van der Waals surface area contributed by atoms with E-state index in [1.165, 1.54) is 37.2 Å². The third-order valence-electron chi connectivity index (χ3n) is 4.56. The normalized spacial score (nSPS) is 24.1. The lowest BCUT2D eigenvalue weighted by Crippen LogP contribution is -2.26. The highest BCUT2D eigenvalue weighted by Crippen LogP contribution is 2.39. The Morgan fingerprint density at radius 3 is 2.30 bits per heavy atom. The van der Waals surface area contributed by atoms with Crippen LogP contribution in [0.2, 0.25) is 0 Å². The van der Waals surface area contributed by atoms with E-state index in [9.17, 15) is 0 Å². The molecule has 1 aromatic rings. The number of anilines is 1. The zero-order valence-electron chi connectivity index (χ0n) is 13.9. The average Bonchev–Trinajstić information content (AvgIpc) is 2.67. The van der Waals surface area contributed by atoms with Gasteiger partial charge >= 0.3 is 0 Å². The summed E-state index contributed by atoms with van der Waals surface area (Å²) in [5.74, 6) is 3.53. The highest BCUT2D eigenvalue weighted by atomic mass is 15.2. The second-order valence-corrected chi connectivity index (χ2v) is 7.51. The van der Waals surface area contributed by atoms with Crippen molar-refractivity contribution in [2.75, 3.05) is 5.73 Å². The van der Waals surface area contributed by atoms with Gasteiger partial charge in [0.1, 0.15) is 11.6 Å². The van der Waals surface area contributed by atoms with Crippen molar-refractivity contribution in [2.24, 2.45) is 5.92 Å². The van der Waals surface area contributed by atoms with Crippen LogP contribution in [0.25, 0.3) is 0 Å². The number of rotatable bonds is 3. The molecule has 1 fully saturated rings. The van der Waals surface area contributed by atoms with E-state index >= 15 is 0 Å². The minimum absolute atomic E-state index is 0.0157. The van der Waals surface area contributed by atoms with Gasteiger partial charge in [0.25, 0.3) is 0 Å². The van der Waals surface area contributed by atoms with Gasteiger partial charge in [-0.05, 0) is 46.0 Å². The molecule has 0 unspecified atom stereocenters. The molecule has 1 aromatic heterocycles. The fourth-order valence-corrected chi connectivity index (χ4v) is 3.47. The molecule has 0 aromatic carbocycles. The van der Waals surface area contributed by atoms with Crippen LogP contribution < -0.4 is 5.73 Å². The van der Waals surface area contributed by atoms with Crippen LogP contribution in [0.15, 0.2) is 0 Å². The molecule has 0 atom stereocenters. The van der Waals surface area contributed by atoms with Crippen molar-refractivity contribution in [3.05, 3.63) is 11.5 Å². The van der Waals surface area contributed by atoms with Gasteiger partial charge in [-0.3, -0.25) is 0 Å². The molecule has 114 valence electrons. The summed E-state index contributed by atoms with van der Waals surface area (Å²) in [6.45, 7) is 11.2. The smallest absolute Gasteiger partial charge is 0.127 e. The molecule has 2 N–H and O–H groups in total. The van der Waals surface area contributed by atoms with Crippen LogP contribution in [0.1, 0.15) is 84.2 Å². The van der Waals surface area contributed by atoms with Crippen molar-refractivity contribution < 1.29 is 0 Å². The Morgan fingerprint density at radius 2 is 1.80 bits per heavy atom. The molecule has 20 heavy (non-hydrogen) atoms. The highest BCUT2D eigenvalue weighted by Gasteiger charge is 2.29. The molecule has 0 bridgehead atoms. The summed E-state index contributed by atoms with van der Waals surface area (Å²) in [5, 5.41) is 0. The Bertz CT molecular complexity index is 446. The molecule has 0 amide bonds. The van der Waals surface area contributed by atoms with Gasteiger partial charge < -0.3 is 10.3 Å². The fourth-order valence-electron chi connectivity index (χ4n) is 3.47. The van der Waals surface area contributed by atoms with E-state index < -0.39 is 0 Å².